The molecule has 2 aromatic carbocycles. The van der Waals surface area contributed by atoms with Gasteiger partial charge in [0.1, 0.15) is 0 Å². The second-order valence-corrected chi connectivity index (χ2v) is 7.20. The zero-order valence-corrected chi connectivity index (χ0v) is 15.1. The van der Waals surface area contributed by atoms with Crippen LogP contribution < -0.4 is 10.6 Å². The van der Waals surface area contributed by atoms with Crippen LogP contribution in [0.4, 0.5) is 10.8 Å². The number of benzene rings is 2. The third-order valence-electron chi connectivity index (χ3n) is 3.70. The maximum absolute atomic E-state index is 12.4. The summed E-state index contributed by atoms with van der Waals surface area (Å²) in [5.74, 6) is -0.370. The lowest BCUT2D eigenvalue weighted by molar-refractivity contribution is -0.118. The van der Waals surface area contributed by atoms with Gasteiger partial charge in [0.2, 0.25) is 5.91 Å². The summed E-state index contributed by atoms with van der Waals surface area (Å²) < 4.78 is 1.04. The number of nitrogens with one attached hydrogen (secondary N) is 2. The van der Waals surface area contributed by atoms with Crippen molar-refractivity contribution in [1.29, 1.82) is 0 Å². The molecule has 0 fully saturated rings. The minimum Gasteiger partial charge on any atom is -0.326 e. The monoisotopic (exact) mass is 353 g/mol. The van der Waals surface area contributed by atoms with E-state index >= 15 is 0 Å². The van der Waals surface area contributed by atoms with Gasteiger partial charge in [-0.25, -0.2) is 4.98 Å². The molecule has 6 heteroatoms. The van der Waals surface area contributed by atoms with Crippen molar-refractivity contribution in [3.63, 3.8) is 0 Å². The van der Waals surface area contributed by atoms with Gasteiger partial charge in [-0.3, -0.25) is 14.9 Å². The van der Waals surface area contributed by atoms with Gasteiger partial charge >= 0.3 is 0 Å². The molecule has 0 saturated heterocycles. The number of nitrogens with zero attached hydrogens (tertiary/aromatic N) is 1. The molecule has 0 aliphatic heterocycles. The number of hydrogen-bond donors (Lipinski definition) is 2. The van der Waals surface area contributed by atoms with Gasteiger partial charge in [-0.2, -0.15) is 0 Å². The van der Waals surface area contributed by atoms with Crippen LogP contribution >= 0.6 is 11.3 Å². The van der Waals surface area contributed by atoms with Gasteiger partial charge in [-0.05, 0) is 48.9 Å². The minimum atomic E-state index is -0.225. The van der Waals surface area contributed by atoms with E-state index in [2.05, 4.69) is 21.7 Å². The van der Waals surface area contributed by atoms with Crippen LogP contribution in [0.2, 0.25) is 0 Å². The molecule has 3 aromatic rings. The predicted molar refractivity (Wildman–Crippen MR) is 102 cm³/mol. The second kappa shape index (κ2) is 7.03. The normalized spacial score (nSPS) is 10.9. The number of hydrogen-bond acceptors (Lipinski definition) is 4. The Morgan fingerprint density at radius 3 is 2.44 bits per heavy atom. The third kappa shape index (κ3) is 4.03. The smallest absolute Gasteiger partial charge is 0.257 e. The zero-order valence-electron chi connectivity index (χ0n) is 14.3. The number of aryl methyl sites for hydroxylation is 1. The van der Waals surface area contributed by atoms with Crippen LogP contribution in [0, 0.1) is 12.8 Å². The first kappa shape index (κ1) is 17.1. The number of rotatable bonds is 4. The Morgan fingerprint density at radius 1 is 1.04 bits per heavy atom. The van der Waals surface area contributed by atoms with Crippen LogP contribution in [0.1, 0.15) is 29.8 Å². The molecule has 0 unspecified atom stereocenters. The highest BCUT2D eigenvalue weighted by atomic mass is 32.1. The Balaban J connectivity index is 1.70. The Kier molecular flexibility index (Phi) is 4.81. The number of thiazole rings is 1. The molecule has 2 N–H and O–H groups in total. The van der Waals surface area contributed by atoms with E-state index in [4.69, 9.17) is 0 Å². The predicted octanol–water partition coefficient (Wildman–Crippen LogP) is 4.45. The molecule has 0 aliphatic rings. The van der Waals surface area contributed by atoms with Crippen molar-refractivity contribution in [1.82, 2.24) is 4.98 Å². The van der Waals surface area contributed by atoms with E-state index in [-0.39, 0.29) is 17.7 Å². The van der Waals surface area contributed by atoms with E-state index in [9.17, 15) is 9.59 Å². The van der Waals surface area contributed by atoms with Gasteiger partial charge < -0.3 is 5.32 Å². The van der Waals surface area contributed by atoms with E-state index in [1.807, 2.05) is 32.9 Å². The van der Waals surface area contributed by atoms with Gasteiger partial charge in [0.15, 0.2) is 5.13 Å². The van der Waals surface area contributed by atoms with Crippen molar-refractivity contribution in [2.75, 3.05) is 10.6 Å². The molecular formula is C19H19N3O2S. The molecule has 128 valence electrons. The first-order chi connectivity index (χ1) is 11.9. The summed E-state index contributed by atoms with van der Waals surface area (Å²) >= 11 is 1.45. The molecule has 1 heterocycles. The Bertz CT molecular complexity index is 929. The van der Waals surface area contributed by atoms with Gasteiger partial charge in [-0.1, -0.05) is 31.3 Å². The average molecular weight is 353 g/mol. The molecule has 0 bridgehead atoms. The lowest BCUT2D eigenvalue weighted by atomic mass is 10.1. The second-order valence-electron chi connectivity index (χ2n) is 6.17. The van der Waals surface area contributed by atoms with Gasteiger partial charge in [0.25, 0.3) is 5.91 Å². The van der Waals surface area contributed by atoms with E-state index in [1.54, 1.807) is 24.3 Å². The van der Waals surface area contributed by atoms with Gasteiger partial charge in [-0.15, -0.1) is 0 Å². The summed E-state index contributed by atoms with van der Waals surface area (Å²) in [5.41, 5.74) is 3.22. The highest BCUT2D eigenvalue weighted by Gasteiger charge is 2.11. The quantitative estimate of drug-likeness (QED) is 0.728. The van der Waals surface area contributed by atoms with Crippen molar-refractivity contribution in [3.8, 4) is 0 Å². The van der Waals surface area contributed by atoms with Crippen LogP contribution in [0.5, 0.6) is 0 Å². The first-order valence-electron chi connectivity index (χ1n) is 8.02. The Hall–Kier alpha value is -2.73. The fourth-order valence-electron chi connectivity index (χ4n) is 2.25. The van der Waals surface area contributed by atoms with E-state index in [1.165, 1.54) is 11.3 Å². The summed E-state index contributed by atoms with van der Waals surface area (Å²) in [6.45, 7) is 5.68. The number of carbonyl (C=O) groups is 2. The molecule has 0 spiro atoms. The van der Waals surface area contributed by atoms with Crippen LogP contribution in [0.3, 0.4) is 0 Å². The van der Waals surface area contributed by atoms with Crippen molar-refractivity contribution >= 4 is 44.2 Å². The fourth-order valence-corrected chi connectivity index (χ4v) is 3.21. The summed E-state index contributed by atoms with van der Waals surface area (Å²) in [4.78, 5) is 28.5. The first-order valence-corrected chi connectivity index (χ1v) is 8.83. The van der Waals surface area contributed by atoms with Crippen molar-refractivity contribution in [2.45, 2.75) is 20.8 Å². The van der Waals surface area contributed by atoms with Gasteiger partial charge in [0.05, 0.1) is 10.2 Å². The van der Waals surface area contributed by atoms with E-state index in [0.29, 0.717) is 16.4 Å². The number of aromatic nitrogens is 1. The standard InChI is InChI=1S/C19H19N3O2S/c1-11(2)17(23)20-14-7-5-13(6-8-14)18(24)22-19-21-15-9-4-12(3)10-16(15)25-19/h4-11H,1-3H3,(H,20,23)(H,21,22,24). The summed E-state index contributed by atoms with van der Waals surface area (Å²) in [5, 5.41) is 6.20. The molecule has 0 radical (unpaired) electrons. The molecule has 25 heavy (non-hydrogen) atoms. The Labute approximate surface area is 150 Å². The summed E-state index contributed by atoms with van der Waals surface area (Å²) in [6.07, 6.45) is 0. The zero-order chi connectivity index (χ0) is 18.0. The molecule has 2 amide bonds. The molecule has 0 saturated carbocycles. The maximum atomic E-state index is 12.4. The van der Waals surface area contributed by atoms with E-state index < -0.39 is 0 Å². The van der Waals surface area contributed by atoms with Crippen LogP contribution in [0.25, 0.3) is 10.2 Å². The highest BCUT2D eigenvalue weighted by Crippen LogP contribution is 2.27. The molecule has 5 nitrogen and oxygen atoms in total. The van der Waals surface area contributed by atoms with Crippen LogP contribution in [-0.2, 0) is 4.79 Å². The fraction of sp³-hybridized carbons (Fsp3) is 0.211. The van der Waals surface area contributed by atoms with Crippen molar-refractivity contribution in [2.24, 2.45) is 5.92 Å². The summed E-state index contributed by atoms with van der Waals surface area (Å²) in [6, 6.07) is 12.8. The number of anilines is 2. The lowest BCUT2D eigenvalue weighted by Gasteiger charge is -2.08. The summed E-state index contributed by atoms with van der Waals surface area (Å²) in [7, 11) is 0. The SMILES string of the molecule is Cc1ccc2nc(NC(=O)c3ccc(NC(=O)C(C)C)cc3)sc2c1. The topological polar surface area (TPSA) is 71.1 Å². The molecule has 3 rings (SSSR count). The van der Waals surface area contributed by atoms with E-state index in [0.717, 1.165) is 15.8 Å². The number of amides is 2. The lowest BCUT2D eigenvalue weighted by Crippen LogP contribution is -2.18. The Morgan fingerprint density at radius 2 is 1.76 bits per heavy atom. The highest BCUT2D eigenvalue weighted by molar-refractivity contribution is 7.22. The number of carbonyl (C=O) groups excluding carboxylic acids is 2. The van der Waals surface area contributed by atoms with Gasteiger partial charge in [0, 0.05) is 17.2 Å². The average Bonchev–Trinajstić information content (AvgIpc) is 2.96. The largest absolute Gasteiger partial charge is 0.326 e. The molecule has 0 atom stereocenters. The van der Waals surface area contributed by atoms with Crippen LogP contribution in [0.15, 0.2) is 42.5 Å². The molecule has 1 aromatic heterocycles. The molecule has 0 aliphatic carbocycles. The van der Waals surface area contributed by atoms with Crippen LogP contribution in [-0.4, -0.2) is 16.8 Å². The minimum absolute atomic E-state index is 0.0537. The van der Waals surface area contributed by atoms with Crippen molar-refractivity contribution < 1.29 is 9.59 Å². The maximum Gasteiger partial charge on any atom is 0.257 e. The third-order valence-corrected chi connectivity index (χ3v) is 4.64. The molecular weight excluding hydrogens is 334 g/mol. The number of fused-ring (bicyclic) bond motifs is 1. The van der Waals surface area contributed by atoms with Crippen molar-refractivity contribution in [3.05, 3.63) is 53.6 Å².